The van der Waals surface area contributed by atoms with Crippen molar-refractivity contribution in [3.8, 4) is 5.75 Å². The topological polar surface area (TPSA) is 20.2 Å². The highest BCUT2D eigenvalue weighted by Crippen LogP contribution is 2.12. The van der Waals surface area contributed by atoms with Crippen LogP contribution >= 0.6 is 0 Å². The number of benzene rings is 2. The van der Waals surface area contributed by atoms with Crippen molar-refractivity contribution >= 4 is 12.2 Å². The molecule has 1 heteroatoms. The average Bonchev–Trinajstić information content (AvgIpc) is 2.52. The van der Waals surface area contributed by atoms with E-state index in [9.17, 15) is 0 Å². The fraction of sp³-hybridized carbons (Fsp3) is 0.222. The van der Waals surface area contributed by atoms with E-state index in [0.717, 1.165) is 5.56 Å². The second kappa shape index (κ2) is 11.1. The second-order valence-electron chi connectivity index (χ2n) is 3.34. The molecule has 0 aliphatic heterocycles. The van der Waals surface area contributed by atoms with E-state index in [4.69, 9.17) is 5.11 Å². The Labute approximate surface area is 117 Å². The minimum absolute atomic E-state index is 0.298. The van der Waals surface area contributed by atoms with Gasteiger partial charge in [0.15, 0.2) is 0 Å². The summed E-state index contributed by atoms with van der Waals surface area (Å²) in [5.74, 6) is 0.298. The van der Waals surface area contributed by atoms with Gasteiger partial charge in [-0.2, -0.15) is 0 Å². The number of hydrogen-bond acceptors (Lipinski definition) is 1. The molecule has 2 aromatic carbocycles. The van der Waals surface area contributed by atoms with Gasteiger partial charge in [0.25, 0.3) is 0 Å². The lowest BCUT2D eigenvalue weighted by molar-refractivity contribution is 0.475. The molecule has 0 aliphatic carbocycles. The summed E-state index contributed by atoms with van der Waals surface area (Å²) in [7, 11) is 0. The van der Waals surface area contributed by atoms with Crippen LogP contribution in [0.5, 0.6) is 5.75 Å². The predicted molar refractivity (Wildman–Crippen MR) is 86.2 cm³/mol. The first-order valence-corrected chi connectivity index (χ1v) is 6.87. The molecular weight excluding hydrogens is 232 g/mol. The third-order valence-electron chi connectivity index (χ3n) is 2.16. The van der Waals surface area contributed by atoms with Crippen LogP contribution < -0.4 is 0 Å². The SMILES string of the molecule is CC.CC.Oc1ccc(/C=C/c2ccccc2)cc1. The van der Waals surface area contributed by atoms with Crippen molar-refractivity contribution in [1.82, 2.24) is 0 Å². The molecule has 0 atom stereocenters. The van der Waals surface area contributed by atoms with Crippen LogP contribution in [0.3, 0.4) is 0 Å². The van der Waals surface area contributed by atoms with Crippen molar-refractivity contribution in [3.05, 3.63) is 65.7 Å². The smallest absolute Gasteiger partial charge is 0.115 e. The molecule has 0 radical (unpaired) electrons. The zero-order chi connectivity index (χ0) is 14.5. The van der Waals surface area contributed by atoms with E-state index in [1.807, 2.05) is 70.2 Å². The molecule has 1 nitrogen and oxygen atoms in total. The molecule has 0 fully saturated rings. The fourth-order valence-corrected chi connectivity index (χ4v) is 1.34. The molecule has 0 saturated carbocycles. The Morgan fingerprint density at radius 1 is 0.632 bits per heavy atom. The highest BCUT2D eigenvalue weighted by molar-refractivity contribution is 5.69. The Hall–Kier alpha value is -2.02. The number of hydrogen-bond donors (Lipinski definition) is 1. The highest BCUT2D eigenvalue weighted by atomic mass is 16.3. The molecule has 1 N–H and O–H groups in total. The highest BCUT2D eigenvalue weighted by Gasteiger charge is 1.88. The lowest BCUT2D eigenvalue weighted by atomic mass is 10.1. The quantitative estimate of drug-likeness (QED) is 0.692. The van der Waals surface area contributed by atoms with Crippen LogP contribution in [0.1, 0.15) is 38.8 Å². The summed E-state index contributed by atoms with van der Waals surface area (Å²) in [5.41, 5.74) is 2.25. The molecule has 2 rings (SSSR count). The molecule has 0 saturated heterocycles. The van der Waals surface area contributed by atoms with Crippen LogP contribution in [0.4, 0.5) is 0 Å². The molecule has 19 heavy (non-hydrogen) atoms. The third kappa shape index (κ3) is 7.10. The molecule has 0 bridgehead atoms. The maximum atomic E-state index is 9.12. The normalized spacial score (nSPS) is 9.05. The van der Waals surface area contributed by atoms with Gasteiger partial charge >= 0.3 is 0 Å². The predicted octanol–water partition coefficient (Wildman–Crippen LogP) is 5.62. The van der Waals surface area contributed by atoms with Crippen LogP contribution in [0.25, 0.3) is 12.2 Å². The van der Waals surface area contributed by atoms with Crippen LogP contribution in [0.15, 0.2) is 54.6 Å². The van der Waals surface area contributed by atoms with Crippen molar-refractivity contribution in [3.63, 3.8) is 0 Å². The van der Waals surface area contributed by atoms with E-state index in [-0.39, 0.29) is 0 Å². The van der Waals surface area contributed by atoms with Crippen LogP contribution in [-0.2, 0) is 0 Å². The average molecular weight is 256 g/mol. The fourth-order valence-electron chi connectivity index (χ4n) is 1.34. The monoisotopic (exact) mass is 256 g/mol. The molecular formula is C18H24O. The number of phenols is 1. The summed E-state index contributed by atoms with van der Waals surface area (Å²) in [6, 6.07) is 17.3. The van der Waals surface area contributed by atoms with E-state index in [0.29, 0.717) is 5.75 Å². The van der Waals surface area contributed by atoms with Gasteiger partial charge in [0.2, 0.25) is 0 Å². The second-order valence-corrected chi connectivity index (χ2v) is 3.34. The van der Waals surface area contributed by atoms with Gasteiger partial charge in [-0.15, -0.1) is 0 Å². The summed E-state index contributed by atoms with van der Waals surface area (Å²) in [4.78, 5) is 0. The molecule has 0 heterocycles. The minimum atomic E-state index is 0.298. The summed E-state index contributed by atoms with van der Waals surface area (Å²) >= 11 is 0. The zero-order valence-corrected chi connectivity index (χ0v) is 12.3. The summed E-state index contributed by atoms with van der Waals surface area (Å²) in [6.45, 7) is 8.00. The van der Waals surface area contributed by atoms with Crippen LogP contribution in [0.2, 0.25) is 0 Å². The van der Waals surface area contributed by atoms with Gasteiger partial charge in [-0.1, -0.05) is 82.3 Å². The van der Waals surface area contributed by atoms with E-state index in [1.54, 1.807) is 12.1 Å². The largest absolute Gasteiger partial charge is 0.508 e. The van der Waals surface area contributed by atoms with Gasteiger partial charge in [-0.25, -0.2) is 0 Å². The standard InChI is InChI=1S/C14H12O.2C2H6/c15-14-10-8-13(9-11-14)7-6-12-4-2-1-3-5-12;2*1-2/h1-11,15H;2*1-2H3/b7-6+;;. The molecule has 0 aliphatic rings. The van der Waals surface area contributed by atoms with Gasteiger partial charge < -0.3 is 5.11 Å². The lowest BCUT2D eigenvalue weighted by Gasteiger charge is -1.94. The van der Waals surface area contributed by atoms with E-state index < -0.39 is 0 Å². The van der Waals surface area contributed by atoms with E-state index in [2.05, 4.69) is 12.1 Å². The Kier molecular flexibility index (Phi) is 9.91. The molecule has 102 valence electrons. The molecule has 2 aromatic rings. The number of rotatable bonds is 2. The van der Waals surface area contributed by atoms with Crippen molar-refractivity contribution in [1.29, 1.82) is 0 Å². The first-order chi connectivity index (χ1) is 9.34. The summed E-state index contributed by atoms with van der Waals surface area (Å²) in [5, 5.41) is 9.12. The zero-order valence-electron chi connectivity index (χ0n) is 12.3. The van der Waals surface area contributed by atoms with E-state index >= 15 is 0 Å². The van der Waals surface area contributed by atoms with Crippen molar-refractivity contribution in [2.24, 2.45) is 0 Å². The van der Waals surface area contributed by atoms with Gasteiger partial charge in [0, 0.05) is 0 Å². The molecule has 0 amide bonds. The maximum Gasteiger partial charge on any atom is 0.115 e. The summed E-state index contributed by atoms with van der Waals surface area (Å²) in [6.07, 6.45) is 4.07. The molecule has 0 aromatic heterocycles. The Bertz CT molecular complexity index is 441. The minimum Gasteiger partial charge on any atom is -0.508 e. The van der Waals surface area contributed by atoms with Gasteiger partial charge in [-0.05, 0) is 23.3 Å². The number of aromatic hydroxyl groups is 1. The van der Waals surface area contributed by atoms with Gasteiger partial charge in [0.1, 0.15) is 5.75 Å². The van der Waals surface area contributed by atoms with Crippen molar-refractivity contribution < 1.29 is 5.11 Å². The van der Waals surface area contributed by atoms with Gasteiger partial charge in [-0.3, -0.25) is 0 Å². The third-order valence-corrected chi connectivity index (χ3v) is 2.16. The molecule has 0 spiro atoms. The Morgan fingerprint density at radius 3 is 1.53 bits per heavy atom. The lowest BCUT2D eigenvalue weighted by Crippen LogP contribution is -1.71. The maximum absolute atomic E-state index is 9.12. The number of phenolic OH excluding ortho intramolecular Hbond substituents is 1. The Balaban J connectivity index is 0.000000741. The van der Waals surface area contributed by atoms with Crippen molar-refractivity contribution in [2.75, 3.05) is 0 Å². The van der Waals surface area contributed by atoms with Gasteiger partial charge in [0.05, 0.1) is 0 Å². The summed E-state index contributed by atoms with van der Waals surface area (Å²) < 4.78 is 0. The molecule has 0 unspecified atom stereocenters. The van der Waals surface area contributed by atoms with Crippen LogP contribution in [0, 0.1) is 0 Å². The Morgan fingerprint density at radius 2 is 1.05 bits per heavy atom. The first kappa shape index (κ1) is 17.0. The van der Waals surface area contributed by atoms with Crippen molar-refractivity contribution in [2.45, 2.75) is 27.7 Å². The van der Waals surface area contributed by atoms with E-state index in [1.165, 1.54) is 5.56 Å². The van der Waals surface area contributed by atoms with Crippen LogP contribution in [-0.4, -0.2) is 5.11 Å². The first-order valence-electron chi connectivity index (χ1n) is 6.87.